The minimum absolute atomic E-state index is 0.0199. The van der Waals surface area contributed by atoms with Gasteiger partial charge in [0.15, 0.2) is 0 Å². The Morgan fingerprint density at radius 3 is 2.55 bits per heavy atom. The Hall–Kier alpha value is -4.70. The molecule has 4 saturated carbocycles. The largest absolute Gasteiger partial charge is 0.573 e. The lowest BCUT2D eigenvalue weighted by molar-refractivity contribution is -0.274. The van der Waals surface area contributed by atoms with E-state index in [9.17, 15) is 28.0 Å². The predicted molar refractivity (Wildman–Crippen MR) is 169 cm³/mol. The summed E-state index contributed by atoms with van der Waals surface area (Å²) in [6.45, 7) is 0.216. The van der Waals surface area contributed by atoms with Gasteiger partial charge in [-0.05, 0) is 111 Å². The molecule has 2 heterocycles. The third-order valence-corrected chi connectivity index (χ3v) is 11.1. The highest BCUT2D eigenvalue weighted by Gasteiger charge is 2.59. The summed E-state index contributed by atoms with van der Waals surface area (Å²) in [5.74, 6) is 2.24. The van der Waals surface area contributed by atoms with E-state index in [1.54, 1.807) is 18.2 Å². The van der Waals surface area contributed by atoms with Crippen molar-refractivity contribution in [3.05, 3.63) is 92.0 Å². The van der Waals surface area contributed by atoms with Crippen LogP contribution in [0.1, 0.15) is 86.3 Å². The number of aromatic nitrogens is 4. The van der Waals surface area contributed by atoms with E-state index in [0.717, 1.165) is 62.5 Å². The summed E-state index contributed by atoms with van der Waals surface area (Å²) in [7, 11) is 0. The van der Waals surface area contributed by atoms with Crippen molar-refractivity contribution < 1.29 is 27.2 Å². The van der Waals surface area contributed by atoms with Crippen LogP contribution in [0.15, 0.2) is 62.6 Å². The van der Waals surface area contributed by atoms with Crippen molar-refractivity contribution in [2.75, 3.05) is 0 Å². The van der Waals surface area contributed by atoms with E-state index in [1.807, 2.05) is 12.1 Å². The number of para-hydroxylation sites is 1. The van der Waals surface area contributed by atoms with Crippen molar-refractivity contribution in [2.45, 2.75) is 88.2 Å². The zero-order chi connectivity index (χ0) is 33.9. The van der Waals surface area contributed by atoms with Crippen LogP contribution in [0.3, 0.4) is 0 Å². The first-order valence-electron chi connectivity index (χ1n) is 16.8. The molecule has 49 heavy (non-hydrogen) atoms. The first kappa shape index (κ1) is 31.6. The van der Waals surface area contributed by atoms with Crippen LogP contribution >= 0.6 is 0 Å². The van der Waals surface area contributed by atoms with Gasteiger partial charge in [-0.3, -0.25) is 9.78 Å². The molecule has 4 aliphatic rings. The molecule has 0 amide bonds. The van der Waals surface area contributed by atoms with E-state index in [1.165, 1.54) is 17.7 Å². The number of aromatic amines is 1. The van der Waals surface area contributed by atoms with Gasteiger partial charge in [0.05, 0.1) is 18.4 Å². The van der Waals surface area contributed by atoms with Gasteiger partial charge in [-0.2, -0.15) is 9.94 Å². The summed E-state index contributed by atoms with van der Waals surface area (Å²) < 4.78 is 57.3. The summed E-state index contributed by atoms with van der Waals surface area (Å²) in [4.78, 5) is 26.3. The lowest BCUT2D eigenvalue weighted by atomic mass is 9.51. The molecule has 2 unspecified atom stereocenters. The molecule has 10 nitrogen and oxygen atoms in total. The Labute approximate surface area is 278 Å². The van der Waals surface area contributed by atoms with Crippen LogP contribution in [0, 0.1) is 29.1 Å². The van der Waals surface area contributed by atoms with Gasteiger partial charge in [0.25, 0.3) is 5.56 Å². The molecule has 4 fully saturated rings. The zero-order valence-electron chi connectivity index (χ0n) is 26.5. The Bertz CT molecular complexity index is 2040. The van der Waals surface area contributed by atoms with Crippen LogP contribution in [-0.2, 0) is 16.8 Å². The van der Waals surface area contributed by atoms with Crippen LogP contribution in [0.4, 0.5) is 13.2 Å². The van der Waals surface area contributed by atoms with Gasteiger partial charge in [-0.15, -0.1) is 18.3 Å². The average Bonchev–Trinajstić information content (AvgIpc) is 3.75. The van der Waals surface area contributed by atoms with E-state index in [0.29, 0.717) is 40.5 Å². The van der Waals surface area contributed by atoms with E-state index < -0.39 is 17.6 Å². The van der Waals surface area contributed by atoms with Gasteiger partial charge in [0.1, 0.15) is 23.3 Å². The number of nitrogens with zero attached hydrogens (tertiary/aromatic N) is 4. The fraction of sp³-hybridized carbons (Fsp3) is 0.472. The maximum Gasteiger partial charge on any atom is 0.573 e. The Balaban J connectivity index is 0.964. The molecule has 13 heteroatoms. The molecule has 0 radical (unpaired) electrons. The second kappa shape index (κ2) is 12.0. The van der Waals surface area contributed by atoms with Crippen LogP contribution < -0.4 is 16.0 Å². The molecule has 4 aromatic rings. The van der Waals surface area contributed by atoms with Gasteiger partial charge >= 0.3 is 12.1 Å². The number of halogens is 3. The van der Waals surface area contributed by atoms with Crippen LogP contribution in [0.25, 0.3) is 16.9 Å². The minimum atomic E-state index is -4.83. The van der Waals surface area contributed by atoms with Crippen LogP contribution in [-0.4, -0.2) is 32.4 Å². The minimum Gasteiger partial charge on any atom is -0.405 e. The lowest BCUT2D eigenvalue weighted by Crippen LogP contribution is -2.48. The second-order valence-corrected chi connectivity index (χ2v) is 14.0. The third-order valence-electron chi connectivity index (χ3n) is 11.1. The van der Waals surface area contributed by atoms with Gasteiger partial charge in [-0.25, -0.2) is 4.79 Å². The predicted octanol–water partition coefficient (Wildman–Crippen LogP) is 6.67. The molecule has 0 saturated heterocycles. The summed E-state index contributed by atoms with van der Waals surface area (Å²) in [5, 5.41) is 17.3. The number of hydrogen-bond donors (Lipinski definition) is 1. The molecule has 0 spiro atoms. The molecular weight excluding hydrogens is 639 g/mol. The smallest absolute Gasteiger partial charge is 0.405 e. The second-order valence-electron chi connectivity index (χ2n) is 14.0. The summed E-state index contributed by atoms with van der Waals surface area (Å²) in [6, 6.07) is 15.5. The first-order valence-corrected chi connectivity index (χ1v) is 16.8. The van der Waals surface area contributed by atoms with Crippen molar-refractivity contribution >= 4 is 0 Å². The van der Waals surface area contributed by atoms with Crippen molar-refractivity contribution in [3.63, 3.8) is 0 Å². The Kier molecular flexibility index (Phi) is 7.74. The van der Waals surface area contributed by atoms with Gasteiger partial charge in [0, 0.05) is 17.0 Å². The highest BCUT2D eigenvalue weighted by Crippen LogP contribution is 2.65. The summed E-state index contributed by atoms with van der Waals surface area (Å²) in [5.41, 5.74) is 1.22. The van der Waals surface area contributed by atoms with Crippen molar-refractivity contribution in [1.82, 2.24) is 19.9 Å². The van der Waals surface area contributed by atoms with Crippen LogP contribution in [0.5, 0.6) is 5.75 Å². The molecule has 8 rings (SSSR count). The number of H-pyrrole nitrogens is 1. The molecule has 2 aromatic heterocycles. The molecule has 5 atom stereocenters. The molecule has 4 aliphatic carbocycles. The zero-order valence-corrected chi connectivity index (χ0v) is 26.5. The average molecular weight is 674 g/mol. The normalized spacial score (nSPS) is 26.2. The molecule has 2 bridgehead atoms. The Morgan fingerprint density at radius 2 is 1.80 bits per heavy atom. The topological polar surface area (TPSA) is 136 Å². The van der Waals surface area contributed by atoms with Crippen molar-refractivity contribution in [3.8, 4) is 28.8 Å². The van der Waals surface area contributed by atoms with Crippen molar-refractivity contribution in [1.29, 1.82) is 5.26 Å². The quantitative estimate of drug-likeness (QED) is 0.219. The standard InChI is InChI=1S/C36H34F3N5O5/c37-36(38,39)48-30-4-2-1-3-26(30)31-27(32(49-43-31)21-6-7-21)19-47-25-13-5-20-15-28-22(8-14-25)17-35(28,16-20)23-9-11-24(12-10-23)44-34(46)41-33(45)29(18-40)42-44/h1-4,9-12,20-22,25,28H,5-8,13-17,19H2,(H,41,45,46)/t20-,22-,25-,28?,35?/m0/s1. The summed E-state index contributed by atoms with van der Waals surface area (Å²) in [6.07, 6.45) is 4.25. The van der Waals surface area contributed by atoms with Crippen LogP contribution in [0.2, 0.25) is 0 Å². The van der Waals surface area contributed by atoms with Gasteiger partial charge < -0.3 is 14.0 Å². The number of nitrogens with one attached hydrogen (secondary N) is 1. The fourth-order valence-electron chi connectivity index (χ4n) is 8.77. The number of benzene rings is 2. The van der Waals surface area contributed by atoms with Crippen molar-refractivity contribution in [2.24, 2.45) is 17.8 Å². The molecule has 2 aromatic carbocycles. The van der Waals surface area contributed by atoms with E-state index in [4.69, 9.17) is 9.26 Å². The highest BCUT2D eigenvalue weighted by molar-refractivity contribution is 5.70. The Morgan fingerprint density at radius 1 is 1.02 bits per heavy atom. The van der Waals surface area contributed by atoms with E-state index in [-0.39, 0.29) is 41.1 Å². The number of nitriles is 1. The van der Waals surface area contributed by atoms with E-state index in [2.05, 4.69) is 32.1 Å². The fourth-order valence-corrected chi connectivity index (χ4v) is 8.77. The maximum absolute atomic E-state index is 13.2. The monoisotopic (exact) mass is 673 g/mol. The molecule has 0 aliphatic heterocycles. The van der Waals surface area contributed by atoms with Gasteiger partial charge in [-0.1, -0.05) is 29.4 Å². The third kappa shape index (κ3) is 5.86. The number of fused-ring (bicyclic) bond motifs is 1. The lowest BCUT2D eigenvalue weighted by Gasteiger charge is -2.53. The number of hydrogen-bond acceptors (Lipinski definition) is 8. The molecule has 254 valence electrons. The highest BCUT2D eigenvalue weighted by atomic mass is 19.4. The van der Waals surface area contributed by atoms with E-state index >= 15 is 0 Å². The maximum atomic E-state index is 13.2. The number of alkyl halides is 3. The van der Waals surface area contributed by atoms with Gasteiger partial charge in [0.2, 0.25) is 5.69 Å². The number of ether oxygens (including phenoxy) is 2. The number of rotatable bonds is 8. The SMILES string of the molecule is N#Cc1nn(-c2ccc(C34C[C@H]5CC[C@H](OCc6c(-c7ccccc7OC(F)(F)F)noc6C6CC6)CC[C@@H](C3)C4C5)cc2)c(=O)[nH]c1=O. The summed E-state index contributed by atoms with van der Waals surface area (Å²) >= 11 is 0. The molecule has 1 N–H and O–H groups in total. The molecular formula is C36H34F3N5O5. The first-order chi connectivity index (χ1) is 23.6.